The number of aromatic nitrogens is 1. The molecule has 0 aliphatic carbocycles. The van der Waals surface area contributed by atoms with E-state index in [1.807, 2.05) is 25.1 Å². The van der Waals surface area contributed by atoms with E-state index in [2.05, 4.69) is 10.3 Å². The Morgan fingerprint density at radius 1 is 0.912 bits per heavy atom. The maximum atomic E-state index is 13.8. The molecule has 2 aromatic carbocycles. The number of pyridine rings is 1. The highest BCUT2D eigenvalue weighted by Crippen LogP contribution is 2.29. The van der Waals surface area contributed by atoms with Crippen molar-refractivity contribution in [3.63, 3.8) is 0 Å². The number of likely N-dealkylation sites (tertiary alicyclic amines) is 2. The summed E-state index contributed by atoms with van der Waals surface area (Å²) in [6.45, 7) is 8.86. The molecule has 2 aliphatic rings. The molecule has 0 saturated carbocycles. The zero-order chi connectivity index (χ0) is 41.2. The monoisotopic (exact) mass is 806 g/mol. The molecule has 3 amide bonds. The van der Waals surface area contributed by atoms with E-state index < -0.39 is 39.7 Å². The lowest BCUT2D eigenvalue weighted by molar-refractivity contribution is -0.155. The number of hydrogen-bond acceptors (Lipinski definition) is 10. The third-order valence-electron chi connectivity index (χ3n) is 10.2. The highest BCUT2D eigenvalue weighted by molar-refractivity contribution is 7.86. The fourth-order valence-electron chi connectivity index (χ4n) is 7.03. The van der Waals surface area contributed by atoms with Crippen LogP contribution < -0.4 is 10.1 Å². The van der Waals surface area contributed by atoms with Crippen LogP contribution in [0.15, 0.2) is 71.9 Å². The Morgan fingerprint density at radius 2 is 1.61 bits per heavy atom. The Balaban J connectivity index is 1.19. The maximum absolute atomic E-state index is 13.8. The molecule has 3 heterocycles. The number of rotatable bonds is 15. The number of esters is 1. The Kier molecular flexibility index (Phi) is 14.7. The van der Waals surface area contributed by atoms with Crippen LogP contribution in [0.1, 0.15) is 82.9 Å². The number of ether oxygens (including phenoxy) is 2. The van der Waals surface area contributed by atoms with E-state index in [0.717, 1.165) is 29.5 Å². The number of aryl methyl sites for hydroxylation is 1. The van der Waals surface area contributed by atoms with Crippen molar-refractivity contribution in [3.05, 3.63) is 78.1 Å². The van der Waals surface area contributed by atoms with Gasteiger partial charge in [0.15, 0.2) is 0 Å². The summed E-state index contributed by atoms with van der Waals surface area (Å²) in [6, 6.07) is 14.7. The molecule has 2 N–H and O–H groups in total. The van der Waals surface area contributed by atoms with Crippen molar-refractivity contribution >= 4 is 34.0 Å². The SMILES string of the molecule is Cc1ccc(S(=O)(=O)OCCOc2ccc(-c3cncc([C@H](CC(=O)OC(C)(C)C)NC(=O)[C@@H]4CCCN(C(=O)CCC5CCN(C(=O)O)CC5)C4)c3)cc2)cc1. The van der Waals surface area contributed by atoms with E-state index in [-0.39, 0.29) is 42.9 Å². The fraction of sp³-hybridized carbons (Fsp3) is 0.500. The van der Waals surface area contributed by atoms with Crippen molar-refractivity contribution in [1.29, 1.82) is 0 Å². The van der Waals surface area contributed by atoms with Gasteiger partial charge in [-0.2, -0.15) is 8.42 Å². The quantitative estimate of drug-likeness (QED) is 0.102. The van der Waals surface area contributed by atoms with E-state index in [0.29, 0.717) is 62.5 Å². The number of piperidine rings is 2. The molecule has 2 aliphatic heterocycles. The number of hydrogen-bond donors (Lipinski definition) is 2. The molecule has 15 heteroatoms. The number of nitrogens with zero attached hydrogens (tertiary/aromatic N) is 3. The summed E-state index contributed by atoms with van der Waals surface area (Å²) in [5.74, 6) is -0.406. The first kappa shape index (κ1) is 43.1. The summed E-state index contributed by atoms with van der Waals surface area (Å²) < 4.78 is 41.4. The second-order valence-electron chi connectivity index (χ2n) is 15.8. The third kappa shape index (κ3) is 13.0. The van der Waals surface area contributed by atoms with Gasteiger partial charge < -0.3 is 29.7 Å². The van der Waals surface area contributed by atoms with Crippen LogP contribution in [-0.4, -0.2) is 97.2 Å². The van der Waals surface area contributed by atoms with Gasteiger partial charge in [0.2, 0.25) is 11.8 Å². The lowest BCUT2D eigenvalue weighted by atomic mass is 9.91. The molecule has 1 aromatic heterocycles. The fourth-order valence-corrected chi connectivity index (χ4v) is 7.93. The van der Waals surface area contributed by atoms with Crippen LogP contribution in [0.2, 0.25) is 0 Å². The lowest BCUT2D eigenvalue weighted by Gasteiger charge is -2.34. The third-order valence-corrected chi connectivity index (χ3v) is 11.5. The summed E-state index contributed by atoms with van der Waals surface area (Å²) in [6.07, 6.45) is 6.04. The summed E-state index contributed by atoms with van der Waals surface area (Å²) in [5.41, 5.74) is 2.35. The Morgan fingerprint density at radius 3 is 2.28 bits per heavy atom. The van der Waals surface area contributed by atoms with Gasteiger partial charge >= 0.3 is 12.1 Å². The molecular formula is C42H54N4O10S. The topological polar surface area (TPSA) is 182 Å². The van der Waals surface area contributed by atoms with Gasteiger partial charge in [-0.15, -0.1) is 0 Å². The van der Waals surface area contributed by atoms with Gasteiger partial charge in [-0.25, -0.2) is 4.79 Å². The Bertz CT molecular complexity index is 1960. The number of nitrogens with one attached hydrogen (secondary N) is 1. The van der Waals surface area contributed by atoms with Crippen molar-refractivity contribution in [3.8, 4) is 16.9 Å². The molecule has 308 valence electrons. The number of carbonyl (C=O) groups excluding carboxylic acids is 3. The molecule has 0 spiro atoms. The van der Waals surface area contributed by atoms with Gasteiger partial charge in [-0.1, -0.05) is 29.8 Å². The summed E-state index contributed by atoms with van der Waals surface area (Å²) in [4.78, 5) is 59.1. The van der Waals surface area contributed by atoms with Crippen molar-refractivity contribution in [2.24, 2.45) is 11.8 Å². The predicted octanol–water partition coefficient (Wildman–Crippen LogP) is 6.14. The summed E-state index contributed by atoms with van der Waals surface area (Å²) in [5, 5.41) is 12.3. The minimum atomic E-state index is -3.90. The van der Waals surface area contributed by atoms with Crippen LogP contribution in [0.3, 0.4) is 0 Å². The van der Waals surface area contributed by atoms with Crippen LogP contribution in [0, 0.1) is 18.8 Å². The Labute approximate surface area is 335 Å². The molecule has 0 radical (unpaired) electrons. The van der Waals surface area contributed by atoms with E-state index in [1.54, 1.807) is 62.3 Å². The molecular weight excluding hydrogens is 753 g/mol. The maximum Gasteiger partial charge on any atom is 0.407 e. The van der Waals surface area contributed by atoms with E-state index in [4.69, 9.17) is 13.7 Å². The van der Waals surface area contributed by atoms with Crippen molar-refractivity contribution in [2.75, 3.05) is 39.4 Å². The van der Waals surface area contributed by atoms with Crippen molar-refractivity contribution in [2.45, 2.75) is 89.2 Å². The molecule has 3 aromatic rings. The van der Waals surface area contributed by atoms with Crippen molar-refractivity contribution in [1.82, 2.24) is 20.1 Å². The van der Waals surface area contributed by atoms with Gasteiger partial charge in [0, 0.05) is 50.6 Å². The van der Waals surface area contributed by atoms with Gasteiger partial charge in [0.05, 0.1) is 23.3 Å². The van der Waals surface area contributed by atoms with Gasteiger partial charge in [-0.3, -0.25) is 23.6 Å². The van der Waals surface area contributed by atoms with Crippen LogP contribution in [-0.2, 0) is 33.4 Å². The molecule has 2 fully saturated rings. The highest BCUT2D eigenvalue weighted by atomic mass is 32.2. The van der Waals surface area contributed by atoms with Crippen LogP contribution >= 0.6 is 0 Å². The second-order valence-corrected chi connectivity index (χ2v) is 17.4. The van der Waals surface area contributed by atoms with Crippen LogP contribution in [0.5, 0.6) is 5.75 Å². The van der Waals surface area contributed by atoms with Gasteiger partial charge in [0.25, 0.3) is 10.1 Å². The average molecular weight is 807 g/mol. The molecule has 2 saturated heterocycles. The smallest absolute Gasteiger partial charge is 0.407 e. The zero-order valence-electron chi connectivity index (χ0n) is 33.1. The first-order chi connectivity index (χ1) is 27.1. The largest absolute Gasteiger partial charge is 0.491 e. The van der Waals surface area contributed by atoms with Crippen molar-refractivity contribution < 1.29 is 46.4 Å². The minimum absolute atomic E-state index is 0.00817. The molecule has 57 heavy (non-hydrogen) atoms. The highest BCUT2D eigenvalue weighted by Gasteiger charge is 2.32. The number of amides is 3. The molecule has 14 nitrogen and oxygen atoms in total. The molecule has 0 unspecified atom stereocenters. The van der Waals surface area contributed by atoms with Crippen LogP contribution in [0.25, 0.3) is 11.1 Å². The minimum Gasteiger partial charge on any atom is -0.491 e. The Hall–Kier alpha value is -5.02. The van der Waals surface area contributed by atoms with Gasteiger partial charge in [-0.05, 0) is 107 Å². The predicted molar refractivity (Wildman–Crippen MR) is 212 cm³/mol. The van der Waals surface area contributed by atoms with E-state index >= 15 is 0 Å². The second kappa shape index (κ2) is 19.4. The number of carbonyl (C=O) groups is 4. The summed E-state index contributed by atoms with van der Waals surface area (Å²) >= 11 is 0. The standard InChI is InChI=1S/C42H54N4O10S/c1-29-7-14-36(15-8-29)57(52,53)55-23-22-54-35-12-10-31(11-13-35)33-24-34(27-43-26-33)37(25-39(48)56-42(2,3)4)44-40(49)32-6-5-19-46(28-32)38(47)16-9-30-17-20-45(21-18-30)41(50)51/h7-8,10-15,24,26-27,30,32,37H,5-6,9,16-23,25,28H2,1-4H3,(H,44,49)(H,50,51)/t32-,37+/m1/s1. The lowest BCUT2D eigenvalue weighted by Crippen LogP contribution is -2.46. The molecule has 0 bridgehead atoms. The zero-order valence-corrected chi connectivity index (χ0v) is 34.0. The van der Waals surface area contributed by atoms with E-state index in [1.165, 1.54) is 17.0 Å². The number of benzene rings is 2. The van der Waals surface area contributed by atoms with Gasteiger partial charge in [0.1, 0.15) is 24.6 Å². The van der Waals surface area contributed by atoms with E-state index in [9.17, 15) is 32.7 Å². The first-order valence-corrected chi connectivity index (χ1v) is 20.9. The normalized spacial score (nSPS) is 17.1. The molecule has 5 rings (SSSR count). The van der Waals surface area contributed by atoms with Crippen LogP contribution in [0.4, 0.5) is 4.79 Å². The molecule has 2 atom stereocenters. The summed E-state index contributed by atoms with van der Waals surface area (Å²) in [7, 11) is -3.90. The first-order valence-electron chi connectivity index (χ1n) is 19.5. The number of carboxylic acid groups (broad SMARTS) is 1. The average Bonchev–Trinajstić information content (AvgIpc) is 3.18.